The first-order chi connectivity index (χ1) is 8.99. The predicted octanol–water partition coefficient (Wildman–Crippen LogP) is 1.75. The van der Waals surface area contributed by atoms with Crippen LogP contribution < -0.4 is 5.46 Å². The number of halogens is 2. The summed E-state index contributed by atoms with van der Waals surface area (Å²) in [7, 11) is -1.57. The molecule has 6 heteroatoms. The van der Waals surface area contributed by atoms with E-state index in [1.807, 2.05) is 0 Å². The van der Waals surface area contributed by atoms with Gasteiger partial charge >= 0.3 is 7.12 Å². The summed E-state index contributed by atoms with van der Waals surface area (Å²) in [4.78, 5) is 0. The van der Waals surface area contributed by atoms with Crippen LogP contribution in [0.15, 0.2) is 42.5 Å². The van der Waals surface area contributed by atoms with Gasteiger partial charge in [-0.2, -0.15) is 0 Å². The third-order valence-electron chi connectivity index (χ3n) is 2.78. The SMILES string of the molecule is OB(O)c1cccc(C(O)c2ccc(Cl)c(Cl)c2)c1. The maximum Gasteiger partial charge on any atom is 0.488 e. The second-order valence-corrected chi connectivity index (χ2v) is 4.93. The van der Waals surface area contributed by atoms with Crippen molar-refractivity contribution in [3.05, 3.63) is 63.6 Å². The van der Waals surface area contributed by atoms with Gasteiger partial charge in [-0.15, -0.1) is 0 Å². The molecular formula is C13H11BCl2O3. The van der Waals surface area contributed by atoms with Gasteiger partial charge in [0, 0.05) is 0 Å². The first kappa shape index (κ1) is 14.4. The van der Waals surface area contributed by atoms with Crippen LogP contribution in [-0.2, 0) is 0 Å². The maximum atomic E-state index is 10.2. The van der Waals surface area contributed by atoms with Crippen molar-refractivity contribution in [2.75, 3.05) is 0 Å². The molecular weight excluding hydrogens is 286 g/mol. The maximum absolute atomic E-state index is 10.2. The lowest BCUT2D eigenvalue weighted by molar-refractivity contribution is 0.220. The molecule has 0 spiro atoms. The van der Waals surface area contributed by atoms with Crippen molar-refractivity contribution in [2.24, 2.45) is 0 Å². The molecule has 0 heterocycles. The Kier molecular flexibility index (Phi) is 4.50. The van der Waals surface area contributed by atoms with Crippen LogP contribution in [0.1, 0.15) is 17.2 Å². The third-order valence-corrected chi connectivity index (χ3v) is 3.52. The van der Waals surface area contributed by atoms with Crippen LogP contribution in [0, 0.1) is 0 Å². The van der Waals surface area contributed by atoms with E-state index >= 15 is 0 Å². The lowest BCUT2D eigenvalue weighted by Gasteiger charge is -2.13. The molecule has 0 fully saturated rings. The van der Waals surface area contributed by atoms with Crippen molar-refractivity contribution in [3.8, 4) is 0 Å². The molecule has 0 saturated heterocycles. The average molecular weight is 297 g/mol. The molecule has 0 saturated carbocycles. The van der Waals surface area contributed by atoms with Crippen LogP contribution in [0.25, 0.3) is 0 Å². The van der Waals surface area contributed by atoms with Crippen molar-refractivity contribution < 1.29 is 15.2 Å². The Morgan fingerprint density at radius 1 is 0.895 bits per heavy atom. The molecule has 0 aromatic heterocycles. The molecule has 3 N–H and O–H groups in total. The fraction of sp³-hybridized carbons (Fsp3) is 0.0769. The van der Waals surface area contributed by atoms with E-state index in [-0.39, 0.29) is 0 Å². The van der Waals surface area contributed by atoms with Gasteiger partial charge in [0.1, 0.15) is 6.10 Å². The second-order valence-electron chi connectivity index (χ2n) is 4.12. The first-order valence-electron chi connectivity index (χ1n) is 5.58. The highest BCUT2D eigenvalue weighted by Crippen LogP contribution is 2.28. The van der Waals surface area contributed by atoms with Gasteiger partial charge in [-0.3, -0.25) is 0 Å². The van der Waals surface area contributed by atoms with E-state index in [9.17, 15) is 5.11 Å². The lowest BCUT2D eigenvalue weighted by atomic mass is 9.79. The Morgan fingerprint density at radius 3 is 2.21 bits per heavy atom. The molecule has 0 radical (unpaired) electrons. The van der Waals surface area contributed by atoms with E-state index in [0.717, 1.165) is 0 Å². The fourth-order valence-electron chi connectivity index (χ4n) is 1.76. The molecule has 3 nitrogen and oxygen atoms in total. The summed E-state index contributed by atoms with van der Waals surface area (Å²) in [6, 6.07) is 11.3. The molecule has 2 rings (SSSR count). The van der Waals surface area contributed by atoms with Crippen molar-refractivity contribution in [1.82, 2.24) is 0 Å². The van der Waals surface area contributed by atoms with Crippen LogP contribution in [0.2, 0.25) is 10.0 Å². The minimum absolute atomic E-state index is 0.316. The predicted molar refractivity (Wildman–Crippen MR) is 76.8 cm³/mol. The minimum Gasteiger partial charge on any atom is -0.423 e. The van der Waals surface area contributed by atoms with Gasteiger partial charge in [0.15, 0.2) is 0 Å². The molecule has 0 aliphatic carbocycles. The zero-order valence-corrected chi connectivity index (χ0v) is 11.3. The van der Waals surface area contributed by atoms with E-state index in [4.69, 9.17) is 33.2 Å². The molecule has 0 bridgehead atoms. The van der Waals surface area contributed by atoms with E-state index in [1.165, 1.54) is 6.07 Å². The molecule has 2 aromatic rings. The highest BCUT2D eigenvalue weighted by Gasteiger charge is 2.16. The first-order valence-corrected chi connectivity index (χ1v) is 6.33. The van der Waals surface area contributed by atoms with Crippen molar-refractivity contribution in [3.63, 3.8) is 0 Å². The Labute approximate surface area is 121 Å². The van der Waals surface area contributed by atoms with Crippen LogP contribution in [0.5, 0.6) is 0 Å². The summed E-state index contributed by atoms with van der Waals surface area (Å²) >= 11 is 11.7. The lowest BCUT2D eigenvalue weighted by Crippen LogP contribution is -2.30. The Morgan fingerprint density at radius 2 is 1.58 bits per heavy atom. The summed E-state index contributed by atoms with van der Waals surface area (Å²) in [5.41, 5.74) is 1.44. The molecule has 0 aliphatic heterocycles. The van der Waals surface area contributed by atoms with E-state index in [2.05, 4.69) is 0 Å². The second kappa shape index (κ2) is 5.95. The fourth-order valence-corrected chi connectivity index (χ4v) is 2.07. The standard InChI is InChI=1S/C13H11BCl2O3/c15-11-5-4-9(7-12(11)16)13(17)8-2-1-3-10(6-8)14(18)19/h1-7,13,17-19H. The zero-order chi connectivity index (χ0) is 14.0. The summed E-state index contributed by atoms with van der Waals surface area (Å²) in [5.74, 6) is 0. The summed E-state index contributed by atoms with van der Waals surface area (Å²) in [5, 5.41) is 29.3. The molecule has 0 amide bonds. The van der Waals surface area contributed by atoms with Crippen LogP contribution in [-0.4, -0.2) is 22.3 Å². The quantitative estimate of drug-likeness (QED) is 0.756. The molecule has 98 valence electrons. The van der Waals surface area contributed by atoms with Gasteiger partial charge in [-0.1, -0.05) is 53.5 Å². The molecule has 1 atom stereocenters. The van der Waals surface area contributed by atoms with E-state index < -0.39 is 13.2 Å². The summed E-state index contributed by atoms with van der Waals surface area (Å²) < 4.78 is 0. The Balaban J connectivity index is 2.35. The number of benzene rings is 2. The third kappa shape index (κ3) is 3.29. The van der Waals surface area contributed by atoms with Crippen LogP contribution in [0.3, 0.4) is 0 Å². The van der Waals surface area contributed by atoms with Gasteiger partial charge in [-0.05, 0) is 28.7 Å². The molecule has 1 unspecified atom stereocenters. The van der Waals surface area contributed by atoms with Gasteiger partial charge in [0.25, 0.3) is 0 Å². The van der Waals surface area contributed by atoms with Gasteiger partial charge < -0.3 is 15.2 Å². The van der Waals surface area contributed by atoms with Gasteiger partial charge in [-0.25, -0.2) is 0 Å². The van der Waals surface area contributed by atoms with E-state index in [0.29, 0.717) is 26.6 Å². The smallest absolute Gasteiger partial charge is 0.423 e. The normalized spacial score (nSPS) is 12.3. The summed E-state index contributed by atoms with van der Waals surface area (Å²) in [6.07, 6.45) is -0.909. The molecule has 0 aliphatic rings. The topological polar surface area (TPSA) is 60.7 Å². The van der Waals surface area contributed by atoms with Crippen molar-refractivity contribution in [1.29, 1.82) is 0 Å². The van der Waals surface area contributed by atoms with Crippen LogP contribution in [0.4, 0.5) is 0 Å². The van der Waals surface area contributed by atoms with Crippen molar-refractivity contribution in [2.45, 2.75) is 6.10 Å². The molecule has 2 aromatic carbocycles. The van der Waals surface area contributed by atoms with E-state index in [1.54, 1.807) is 36.4 Å². The van der Waals surface area contributed by atoms with Crippen LogP contribution >= 0.6 is 23.2 Å². The highest BCUT2D eigenvalue weighted by atomic mass is 35.5. The number of aliphatic hydroxyl groups excluding tert-OH is 1. The number of rotatable bonds is 3. The molecule has 19 heavy (non-hydrogen) atoms. The monoisotopic (exact) mass is 296 g/mol. The van der Waals surface area contributed by atoms with Crippen molar-refractivity contribution >= 4 is 35.8 Å². The number of hydrogen-bond acceptors (Lipinski definition) is 3. The zero-order valence-electron chi connectivity index (χ0n) is 9.79. The van der Waals surface area contributed by atoms with Gasteiger partial charge in [0.05, 0.1) is 10.0 Å². The average Bonchev–Trinajstić information content (AvgIpc) is 2.41. The Bertz CT molecular complexity index is 590. The number of hydrogen-bond donors (Lipinski definition) is 3. The Hall–Kier alpha value is -1.04. The van der Waals surface area contributed by atoms with Gasteiger partial charge in [0.2, 0.25) is 0 Å². The minimum atomic E-state index is -1.57. The highest BCUT2D eigenvalue weighted by molar-refractivity contribution is 6.58. The summed E-state index contributed by atoms with van der Waals surface area (Å²) in [6.45, 7) is 0. The number of aliphatic hydroxyl groups is 1. The largest absolute Gasteiger partial charge is 0.488 e.